The van der Waals surface area contributed by atoms with Gasteiger partial charge in [0.05, 0.1) is 58.6 Å². The summed E-state index contributed by atoms with van der Waals surface area (Å²) in [4.78, 5) is 27.9. The summed E-state index contributed by atoms with van der Waals surface area (Å²) in [5.41, 5.74) is -0.533. The average molecular weight is 780 g/mol. The van der Waals surface area contributed by atoms with Crippen molar-refractivity contribution in [3.05, 3.63) is 67.3 Å². The monoisotopic (exact) mass is 779 g/mol. The fourth-order valence-electron chi connectivity index (χ4n) is 6.84. The minimum absolute atomic E-state index is 0.0364. The number of hydrogen-bond donors (Lipinski definition) is 1. The number of alkyl halides is 6. The van der Waals surface area contributed by atoms with Crippen LogP contribution in [0.15, 0.2) is 47.1 Å². The van der Waals surface area contributed by atoms with E-state index in [-0.39, 0.29) is 31.5 Å². The molecule has 2 aliphatic heterocycles. The second-order valence-corrected chi connectivity index (χ2v) is 12.9. The summed E-state index contributed by atoms with van der Waals surface area (Å²) >= 11 is 2.02. The van der Waals surface area contributed by atoms with Crippen molar-refractivity contribution in [1.82, 2.24) is 0 Å². The lowest BCUT2D eigenvalue weighted by atomic mass is 9.69. The number of benzene rings is 2. The summed E-state index contributed by atoms with van der Waals surface area (Å²) in [7, 11) is 2.94. The Hall–Kier alpha value is -3.11. The number of aromatic hydroxyl groups is 1. The maximum atomic E-state index is 13.8. The molecule has 0 spiro atoms. The number of anilines is 1. The van der Waals surface area contributed by atoms with E-state index in [1.54, 1.807) is 6.07 Å². The number of phenolic OH excluding ortho intramolecular Hbond substituents is 1. The van der Waals surface area contributed by atoms with Gasteiger partial charge in [-0.05, 0) is 95.3 Å². The van der Waals surface area contributed by atoms with E-state index >= 15 is 0 Å². The van der Waals surface area contributed by atoms with Gasteiger partial charge in [0, 0.05) is 13.0 Å². The molecule has 2 fully saturated rings. The van der Waals surface area contributed by atoms with Crippen molar-refractivity contribution in [2.45, 2.75) is 51.1 Å². The van der Waals surface area contributed by atoms with Crippen molar-refractivity contribution in [1.29, 1.82) is 0 Å². The largest absolute Gasteiger partial charge is 0.504 e. The molecule has 14 heteroatoms. The lowest BCUT2D eigenvalue weighted by Crippen LogP contribution is -2.35. The Morgan fingerprint density at radius 1 is 1.02 bits per heavy atom. The summed E-state index contributed by atoms with van der Waals surface area (Å²) in [5.74, 6) is -3.87. The van der Waals surface area contributed by atoms with Gasteiger partial charge in [-0.3, -0.25) is 9.59 Å². The SMILES string of the molecule is CC/C(=C\c1cc(I)c(O)c(OC)c1)CC[C@H]1OC[C@H]2C1=C(COC)C[C@H]1C(=O)N(c3cc(C(F)(F)F)cc(C(F)(F)F)c3)C(=O)[C@H]12. The number of allylic oxidation sites excluding steroid dienone is 1. The molecule has 0 radical (unpaired) electrons. The van der Waals surface area contributed by atoms with Gasteiger partial charge in [0.1, 0.15) is 0 Å². The third-order valence-corrected chi connectivity index (χ3v) is 9.80. The molecule has 5 rings (SSSR count). The summed E-state index contributed by atoms with van der Waals surface area (Å²) in [6.07, 6.45) is -6.80. The standard InChI is InChI=1S/C33H32F6INO6/c1-4-16(7-17-8-24(40)29(42)26(9-17)46-3)5-6-25-27-18(14-45-2)10-22-28(23(27)15-47-25)31(44)41(30(22)43)21-12-19(32(34,35)36)11-20(13-21)33(37,38)39/h7-9,11-13,22-23,25,28,42H,4-6,10,14-15H2,1-3H3/b16-7+/t22-,23+,25-,28-/m1/s1. The second kappa shape index (κ2) is 13.4. The zero-order valence-corrected chi connectivity index (χ0v) is 27.8. The van der Waals surface area contributed by atoms with Crippen LogP contribution in [0.3, 0.4) is 0 Å². The number of ether oxygens (including phenoxy) is 3. The fourth-order valence-corrected chi connectivity index (χ4v) is 7.46. The van der Waals surface area contributed by atoms with Crippen molar-refractivity contribution >= 4 is 46.2 Å². The van der Waals surface area contributed by atoms with Gasteiger partial charge in [-0.1, -0.05) is 18.6 Å². The Morgan fingerprint density at radius 3 is 2.26 bits per heavy atom. The maximum Gasteiger partial charge on any atom is 0.416 e. The first-order valence-corrected chi connectivity index (χ1v) is 15.9. The van der Waals surface area contributed by atoms with Crippen molar-refractivity contribution in [3.63, 3.8) is 0 Å². The van der Waals surface area contributed by atoms with Crippen molar-refractivity contribution in [2.75, 3.05) is 32.3 Å². The van der Waals surface area contributed by atoms with Crippen LogP contribution in [-0.2, 0) is 31.4 Å². The Kier molecular flexibility index (Phi) is 10.1. The number of halogens is 7. The van der Waals surface area contributed by atoms with Crippen LogP contribution in [0.5, 0.6) is 11.5 Å². The highest BCUT2D eigenvalue weighted by Crippen LogP contribution is 2.51. The number of carbonyl (C=O) groups excluding carboxylic acids is 2. The molecule has 254 valence electrons. The molecule has 4 atom stereocenters. The average Bonchev–Trinajstić information content (AvgIpc) is 3.54. The number of methoxy groups -OCH3 is 2. The number of nitrogens with zero attached hydrogens (tertiary/aromatic N) is 1. The van der Waals surface area contributed by atoms with Crippen LogP contribution in [-0.4, -0.2) is 50.5 Å². The van der Waals surface area contributed by atoms with E-state index in [1.807, 2.05) is 41.7 Å². The van der Waals surface area contributed by atoms with E-state index in [0.717, 1.165) is 22.3 Å². The summed E-state index contributed by atoms with van der Waals surface area (Å²) in [6.45, 7) is 2.19. The molecular formula is C33H32F6INO6. The highest BCUT2D eigenvalue weighted by molar-refractivity contribution is 14.1. The first kappa shape index (κ1) is 35.2. The van der Waals surface area contributed by atoms with Crippen LogP contribution in [0.1, 0.15) is 49.3 Å². The normalized spacial score (nSPS) is 23.4. The van der Waals surface area contributed by atoms with E-state index in [2.05, 4.69) is 0 Å². The first-order chi connectivity index (χ1) is 22.1. The summed E-state index contributed by atoms with van der Waals surface area (Å²) < 4.78 is 99.1. The molecule has 0 bridgehead atoms. The first-order valence-electron chi connectivity index (χ1n) is 14.8. The number of amides is 2. The quantitative estimate of drug-likeness (QED) is 0.121. The Balaban J connectivity index is 1.43. The van der Waals surface area contributed by atoms with Gasteiger partial charge in [0.25, 0.3) is 0 Å². The Morgan fingerprint density at radius 2 is 1.68 bits per heavy atom. The van der Waals surface area contributed by atoms with Gasteiger partial charge in [-0.25, -0.2) is 4.90 Å². The number of phenols is 1. The van der Waals surface area contributed by atoms with Crippen molar-refractivity contribution in [2.24, 2.45) is 17.8 Å². The molecule has 1 aliphatic carbocycles. The van der Waals surface area contributed by atoms with Gasteiger partial charge in [0.15, 0.2) is 11.5 Å². The predicted molar refractivity (Wildman–Crippen MR) is 168 cm³/mol. The van der Waals surface area contributed by atoms with Crippen LogP contribution in [0.2, 0.25) is 0 Å². The highest BCUT2D eigenvalue weighted by Gasteiger charge is 2.57. The molecule has 0 aromatic heterocycles. The number of fused-ring (bicyclic) bond motifs is 3. The molecule has 3 aliphatic rings. The lowest BCUT2D eigenvalue weighted by Gasteiger charge is -2.31. The number of rotatable bonds is 9. The third kappa shape index (κ3) is 6.91. The smallest absolute Gasteiger partial charge is 0.416 e. The molecule has 0 unspecified atom stereocenters. The molecular weight excluding hydrogens is 747 g/mol. The van der Waals surface area contributed by atoms with Crippen LogP contribution >= 0.6 is 22.6 Å². The molecule has 47 heavy (non-hydrogen) atoms. The van der Waals surface area contributed by atoms with Gasteiger partial charge in [-0.15, -0.1) is 0 Å². The molecule has 2 aromatic rings. The second-order valence-electron chi connectivity index (χ2n) is 11.8. The topological polar surface area (TPSA) is 85.3 Å². The molecule has 2 heterocycles. The van der Waals surface area contributed by atoms with E-state index < -0.39 is 64.8 Å². The fraction of sp³-hybridized carbons (Fsp3) is 0.455. The van der Waals surface area contributed by atoms with Crippen LogP contribution in [0.4, 0.5) is 32.0 Å². The maximum absolute atomic E-state index is 13.8. The lowest BCUT2D eigenvalue weighted by molar-refractivity contribution is -0.143. The Labute approximate surface area is 280 Å². The van der Waals surface area contributed by atoms with Crippen molar-refractivity contribution < 1.29 is 55.2 Å². The van der Waals surface area contributed by atoms with Crippen LogP contribution < -0.4 is 9.64 Å². The number of imide groups is 1. The third-order valence-electron chi connectivity index (χ3n) is 8.98. The van der Waals surface area contributed by atoms with Crippen molar-refractivity contribution in [3.8, 4) is 11.5 Å². The summed E-state index contributed by atoms with van der Waals surface area (Å²) in [5, 5.41) is 10.2. The number of carbonyl (C=O) groups is 2. The van der Waals surface area contributed by atoms with Gasteiger partial charge in [0.2, 0.25) is 11.8 Å². The molecule has 2 saturated heterocycles. The van der Waals surface area contributed by atoms with E-state index in [0.29, 0.717) is 45.6 Å². The Bertz CT molecular complexity index is 1600. The van der Waals surface area contributed by atoms with E-state index in [4.69, 9.17) is 14.2 Å². The molecule has 2 amide bonds. The predicted octanol–water partition coefficient (Wildman–Crippen LogP) is 7.78. The van der Waals surface area contributed by atoms with Gasteiger partial charge in [-0.2, -0.15) is 26.3 Å². The molecule has 2 aromatic carbocycles. The zero-order valence-electron chi connectivity index (χ0n) is 25.6. The van der Waals surface area contributed by atoms with Gasteiger partial charge < -0.3 is 19.3 Å². The molecule has 0 saturated carbocycles. The minimum atomic E-state index is -5.14. The van der Waals surface area contributed by atoms with E-state index in [9.17, 15) is 41.0 Å². The van der Waals surface area contributed by atoms with Crippen LogP contribution in [0, 0.1) is 21.3 Å². The molecule has 7 nitrogen and oxygen atoms in total. The van der Waals surface area contributed by atoms with Crippen LogP contribution in [0.25, 0.3) is 6.08 Å². The number of hydrogen-bond acceptors (Lipinski definition) is 6. The highest BCUT2D eigenvalue weighted by atomic mass is 127. The zero-order chi connectivity index (χ0) is 34.4. The molecule has 1 N–H and O–H groups in total. The van der Waals surface area contributed by atoms with Gasteiger partial charge >= 0.3 is 12.4 Å². The summed E-state index contributed by atoms with van der Waals surface area (Å²) in [6, 6.07) is 4.33. The van der Waals surface area contributed by atoms with E-state index in [1.165, 1.54) is 14.2 Å². The minimum Gasteiger partial charge on any atom is -0.504 e.